The van der Waals surface area contributed by atoms with Crippen LogP contribution < -0.4 is 5.32 Å². The molecule has 0 aromatic heterocycles. The number of halogens is 5. The van der Waals surface area contributed by atoms with Crippen LogP contribution in [0.2, 0.25) is 0 Å². The first kappa shape index (κ1) is 22.0. The average Bonchev–Trinajstić information content (AvgIpc) is 3.01. The lowest BCUT2D eigenvalue weighted by Crippen LogP contribution is -2.55. The number of fused-ring (bicyclic) bond motifs is 1. The van der Waals surface area contributed by atoms with Crippen LogP contribution >= 0.6 is 12.4 Å². The predicted octanol–water partition coefficient (Wildman–Crippen LogP) is 3.93. The number of hydrogen-bond acceptors (Lipinski definition) is 3. The molecule has 2 aliphatic rings. The lowest BCUT2D eigenvalue weighted by Gasteiger charge is -2.44. The van der Waals surface area contributed by atoms with Gasteiger partial charge in [-0.1, -0.05) is 0 Å². The quantitative estimate of drug-likeness (QED) is 0.727. The Morgan fingerprint density at radius 3 is 2.28 bits per heavy atom. The summed E-state index contributed by atoms with van der Waals surface area (Å²) in [6, 6.07) is 5.84. The number of hydrogen-bond donors (Lipinski definition) is 1. The molecule has 0 saturated carbocycles. The van der Waals surface area contributed by atoms with Gasteiger partial charge in [0.2, 0.25) is 0 Å². The highest BCUT2D eigenvalue weighted by atomic mass is 35.5. The van der Waals surface area contributed by atoms with Crippen LogP contribution in [0.4, 0.5) is 17.6 Å². The van der Waals surface area contributed by atoms with Crippen molar-refractivity contribution in [1.29, 1.82) is 0 Å². The molecule has 2 aromatic carbocycles. The summed E-state index contributed by atoms with van der Waals surface area (Å²) in [6.45, 7) is 3.41. The van der Waals surface area contributed by atoms with Crippen molar-refractivity contribution in [2.24, 2.45) is 0 Å². The van der Waals surface area contributed by atoms with Gasteiger partial charge < -0.3 is 10.1 Å². The number of piperazine rings is 1. The normalized spacial score (nSPS) is 21.7. The first-order chi connectivity index (χ1) is 13.5. The van der Waals surface area contributed by atoms with Crippen molar-refractivity contribution in [3.63, 3.8) is 0 Å². The zero-order valence-electron chi connectivity index (χ0n) is 15.8. The minimum Gasteiger partial charge on any atom is -0.374 e. The fourth-order valence-corrected chi connectivity index (χ4v) is 4.40. The average molecular weight is 431 g/mol. The van der Waals surface area contributed by atoms with Gasteiger partial charge in [0, 0.05) is 32.2 Å². The first-order valence-corrected chi connectivity index (χ1v) is 9.45. The SMILES string of the molecule is Cl.Fc1cc(F)cc(COC[C@]2(N3CCNCC3)CCc3cc(F)c(F)cc32)c1. The molecule has 0 bridgehead atoms. The van der Waals surface area contributed by atoms with E-state index in [-0.39, 0.29) is 25.6 Å². The van der Waals surface area contributed by atoms with Crippen molar-refractivity contribution in [2.45, 2.75) is 25.0 Å². The van der Waals surface area contributed by atoms with Crippen LogP contribution in [0.1, 0.15) is 23.1 Å². The third kappa shape index (κ3) is 4.43. The molecule has 0 spiro atoms. The largest absolute Gasteiger partial charge is 0.374 e. The highest BCUT2D eigenvalue weighted by Crippen LogP contribution is 2.43. The van der Waals surface area contributed by atoms with E-state index in [9.17, 15) is 17.6 Å². The molecule has 1 heterocycles. The molecule has 1 aliphatic heterocycles. The van der Waals surface area contributed by atoms with Crippen LogP contribution in [0.25, 0.3) is 0 Å². The maximum Gasteiger partial charge on any atom is 0.159 e. The monoisotopic (exact) mass is 430 g/mol. The van der Waals surface area contributed by atoms with Crippen molar-refractivity contribution in [3.05, 3.63) is 70.3 Å². The van der Waals surface area contributed by atoms with Crippen LogP contribution in [0.15, 0.2) is 30.3 Å². The Morgan fingerprint density at radius 1 is 0.931 bits per heavy atom. The van der Waals surface area contributed by atoms with E-state index in [2.05, 4.69) is 10.2 Å². The number of nitrogens with one attached hydrogen (secondary N) is 1. The molecule has 158 valence electrons. The number of benzene rings is 2. The summed E-state index contributed by atoms with van der Waals surface area (Å²) in [6.07, 6.45) is 1.32. The lowest BCUT2D eigenvalue weighted by atomic mass is 9.89. The van der Waals surface area contributed by atoms with Crippen LogP contribution in [-0.2, 0) is 23.3 Å². The Bertz CT molecular complexity index is 856. The van der Waals surface area contributed by atoms with Gasteiger partial charge in [0.1, 0.15) is 11.6 Å². The number of nitrogens with zero attached hydrogens (tertiary/aromatic N) is 1. The minimum absolute atomic E-state index is 0. The molecule has 1 saturated heterocycles. The van der Waals surface area contributed by atoms with Gasteiger partial charge in [-0.15, -0.1) is 12.4 Å². The van der Waals surface area contributed by atoms with E-state index in [1.165, 1.54) is 24.3 Å². The Morgan fingerprint density at radius 2 is 1.59 bits per heavy atom. The molecular weight excluding hydrogens is 408 g/mol. The minimum atomic E-state index is -0.868. The van der Waals surface area contributed by atoms with Gasteiger partial charge in [-0.25, -0.2) is 17.6 Å². The molecule has 8 heteroatoms. The van der Waals surface area contributed by atoms with Gasteiger partial charge in [-0.2, -0.15) is 0 Å². The van der Waals surface area contributed by atoms with Gasteiger partial charge in [0.05, 0.1) is 18.8 Å². The summed E-state index contributed by atoms with van der Waals surface area (Å²) in [5.41, 5.74) is 1.37. The van der Waals surface area contributed by atoms with Crippen LogP contribution in [-0.4, -0.2) is 37.7 Å². The van der Waals surface area contributed by atoms with Crippen molar-refractivity contribution >= 4 is 12.4 Å². The van der Waals surface area contributed by atoms with E-state index < -0.39 is 28.8 Å². The van der Waals surface area contributed by atoms with E-state index >= 15 is 0 Å². The zero-order valence-corrected chi connectivity index (χ0v) is 16.6. The maximum absolute atomic E-state index is 14.0. The topological polar surface area (TPSA) is 24.5 Å². The Labute approximate surface area is 173 Å². The van der Waals surface area contributed by atoms with Crippen molar-refractivity contribution in [3.8, 4) is 0 Å². The molecular formula is C21H23ClF4N2O. The van der Waals surface area contributed by atoms with Gasteiger partial charge >= 0.3 is 0 Å². The fraction of sp³-hybridized carbons (Fsp3) is 0.429. The van der Waals surface area contributed by atoms with E-state index in [1.807, 2.05) is 0 Å². The second-order valence-electron chi connectivity index (χ2n) is 7.46. The Balaban J connectivity index is 0.00000240. The second kappa shape index (κ2) is 9.00. The third-order valence-corrected chi connectivity index (χ3v) is 5.71. The maximum atomic E-state index is 14.0. The fourth-order valence-electron chi connectivity index (χ4n) is 4.40. The number of ether oxygens (including phenoxy) is 1. The van der Waals surface area contributed by atoms with E-state index in [1.54, 1.807) is 0 Å². The molecule has 1 fully saturated rings. The van der Waals surface area contributed by atoms with E-state index in [4.69, 9.17) is 4.74 Å². The summed E-state index contributed by atoms with van der Waals surface area (Å²) in [7, 11) is 0. The first-order valence-electron chi connectivity index (χ1n) is 9.45. The summed E-state index contributed by atoms with van der Waals surface area (Å²) in [5, 5.41) is 3.29. The molecule has 1 atom stereocenters. The van der Waals surface area contributed by atoms with Gasteiger partial charge in [-0.05, 0) is 53.8 Å². The van der Waals surface area contributed by atoms with Gasteiger partial charge in [0.15, 0.2) is 11.6 Å². The summed E-state index contributed by atoms with van der Waals surface area (Å²) < 4.78 is 60.5. The highest BCUT2D eigenvalue weighted by Gasteiger charge is 2.45. The molecule has 1 N–H and O–H groups in total. The molecule has 0 amide bonds. The third-order valence-electron chi connectivity index (χ3n) is 5.71. The molecule has 2 aromatic rings. The van der Waals surface area contributed by atoms with Crippen LogP contribution in [0.3, 0.4) is 0 Å². The van der Waals surface area contributed by atoms with Gasteiger partial charge in [-0.3, -0.25) is 4.90 Å². The van der Waals surface area contributed by atoms with Gasteiger partial charge in [0.25, 0.3) is 0 Å². The predicted molar refractivity (Wildman–Crippen MR) is 104 cm³/mol. The molecule has 29 heavy (non-hydrogen) atoms. The Kier molecular flexibility index (Phi) is 6.83. The molecule has 0 unspecified atom stereocenters. The van der Waals surface area contributed by atoms with Crippen molar-refractivity contribution in [1.82, 2.24) is 10.2 Å². The van der Waals surface area contributed by atoms with E-state index in [0.717, 1.165) is 43.4 Å². The second-order valence-corrected chi connectivity index (χ2v) is 7.46. The summed E-state index contributed by atoms with van der Waals surface area (Å²) in [5.74, 6) is -3.02. The smallest absolute Gasteiger partial charge is 0.159 e. The van der Waals surface area contributed by atoms with Crippen molar-refractivity contribution < 1.29 is 22.3 Å². The zero-order chi connectivity index (χ0) is 19.7. The molecule has 0 radical (unpaired) electrons. The molecule has 4 rings (SSSR count). The van der Waals surface area contributed by atoms with Crippen LogP contribution in [0, 0.1) is 23.3 Å². The number of rotatable bonds is 5. The lowest BCUT2D eigenvalue weighted by molar-refractivity contribution is -0.0242. The number of aryl methyl sites for hydroxylation is 1. The summed E-state index contributed by atoms with van der Waals surface area (Å²) >= 11 is 0. The Hall–Kier alpha value is -1.67. The summed E-state index contributed by atoms with van der Waals surface area (Å²) in [4.78, 5) is 2.25. The standard InChI is InChI=1S/C21H22F4N2O.ClH/c22-16-7-14(8-17(23)10-16)12-28-13-21(27-5-3-26-4-6-27)2-1-15-9-19(24)20(25)11-18(15)21;/h7-11,26H,1-6,12-13H2;1H/t21-;/m1./s1. The van der Waals surface area contributed by atoms with Crippen molar-refractivity contribution in [2.75, 3.05) is 32.8 Å². The molecule has 1 aliphatic carbocycles. The van der Waals surface area contributed by atoms with E-state index in [0.29, 0.717) is 18.4 Å². The molecule has 3 nitrogen and oxygen atoms in total. The van der Waals surface area contributed by atoms with Crippen LogP contribution in [0.5, 0.6) is 0 Å². The highest BCUT2D eigenvalue weighted by molar-refractivity contribution is 5.85.